The summed E-state index contributed by atoms with van der Waals surface area (Å²) in [4.78, 5) is 69.6. The van der Waals surface area contributed by atoms with Crippen LogP contribution in [0.2, 0.25) is 0 Å². The third-order valence-electron chi connectivity index (χ3n) is 23.2. The lowest BCUT2D eigenvalue weighted by molar-refractivity contribution is -0.133. The van der Waals surface area contributed by atoms with Crippen LogP contribution in [0.15, 0.2) is 190 Å². The summed E-state index contributed by atoms with van der Waals surface area (Å²) in [5, 5.41) is 108. The van der Waals surface area contributed by atoms with Crippen LogP contribution in [0.5, 0.6) is 0 Å². The smallest absolute Gasteiger partial charge is 0.264 e. The fourth-order valence-electron chi connectivity index (χ4n) is 14.2. The van der Waals surface area contributed by atoms with E-state index in [0.717, 1.165) is 118 Å². The van der Waals surface area contributed by atoms with E-state index in [-0.39, 0.29) is 51.9 Å². The molecule has 1 unspecified atom stereocenters. The first-order chi connectivity index (χ1) is 61.0. The number of carbonyl (C=O) groups is 4. The maximum absolute atomic E-state index is 12.2. The zero-order valence-electron chi connectivity index (χ0n) is 71.9. The van der Waals surface area contributed by atoms with Gasteiger partial charge in [0.2, 0.25) is 0 Å². The molecule has 0 saturated carbocycles. The van der Waals surface area contributed by atoms with Crippen molar-refractivity contribution in [2.45, 2.75) is 160 Å². The summed E-state index contributed by atoms with van der Waals surface area (Å²) in [7, 11) is -15.3. The second kappa shape index (κ2) is 44.4. The zero-order chi connectivity index (χ0) is 94.5. The maximum atomic E-state index is 12.2. The van der Waals surface area contributed by atoms with Crippen LogP contribution in [0.25, 0.3) is 22.3 Å². The van der Waals surface area contributed by atoms with Gasteiger partial charge in [-0.3, -0.25) is 40.0 Å². The molecule has 5 aliphatic rings. The Morgan fingerprint density at radius 3 is 0.837 bits per heavy atom. The Kier molecular flexibility index (Phi) is 34.9. The normalized spacial score (nSPS) is 19.2. The number of sulfone groups is 4. The van der Waals surface area contributed by atoms with E-state index in [9.17, 15) is 68.2 Å². The molecule has 4 amide bonds. The van der Waals surface area contributed by atoms with Crippen LogP contribution in [0.4, 0.5) is 0 Å². The minimum atomic E-state index is -3.83. The van der Waals surface area contributed by atoms with E-state index in [2.05, 4.69) is 44.3 Å². The number of carbonyl (C=O) groups excluding carboxylic acids is 4. The summed E-state index contributed by atoms with van der Waals surface area (Å²) >= 11 is 0. The minimum Gasteiger partial charge on any atom is -0.396 e. The summed E-state index contributed by atoms with van der Waals surface area (Å²) in [5.74, 6) is 8.90. The van der Waals surface area contributed by atoms with Crippen LogP contribution < -0.4 is 21.9 Å². The molecule has 35 nitrogen and oxygen atoms in total. The Hall–Kier alpha value is -11.2. The summed E-state index contributed by atoms with van der Waals surface area (Å²) in [6.45, 7) is 5.76. The number of aliphatic hydroxyl groups excluding tert-OH is 6. The number of aliphatic hydroxyl groups is 6. The Morgan fingerprint density at radius 2 is 0.589 bits per heavy atom. The molecule has 11 atom stereocenters. The van der Waals surface area contributed by atoms with E-state index >= 15 is 0 Å². The van der Waals surface area contributed by atoms with E-state index in [1.165, 1.54) is 49.6 Å². The van der Waals surface area contributed by atoms with Gasteiger partial charge in [-0.05, 0) is 138 Å². The summed E-state index contributed by atoms with van der Waals surface area (Å²) in [6.07, 6.45) is 1.66. The SMILES string of the molecule is C[C@@](C[C@H]1CC(c2ccc(-c3ccc(C(O)CCO)cc3)cc2)=NO1)(C(=O)NO)S(C)(=O)=O.C[C@@](C[C@H]1CC(c2ccc(-c3ccc([C@@H](O)CO)cc3)cc2)=NO1)(C(=O)NO)S(C)(=O)=O.C[C@@](C[C@H]1CC(c2ccc(C#CC3CCOCC3)cc2)=NO1)(C(=O)NO)S(C)(=O)=O.C[C@@](C[C@H]1CC(c2ccc(C#Cc3ccc([C@@H](O)CO)cc3)cc2)=NO1)(C(=O)NO)S(C)(=O)=O. The molecule has 14 N–H and O–H groups in total. The number of amides is 4. The summed E-state index contributed by atoms with van der Waals surface area (Å²) in [6, 6.07) is 51.7. The van der Waals surface area contributed by atoms with Gasteiger partial charge in [-0.2, -0.15) is 0 Å². The minimum absolute atomic E-state index is 0.0824. The second-order valence-electron chi connectivity index (χ2n) is 32.5. The third kappa shape index (κ3) is 25.9. The lowest BCUT2D eigenvalue weighted by Gasteiger charge is -2.26. The number of nitrogens with one attached hydrogen (secondary N) is 4. The highest BCUT2D eigenvalue weighted by Gasteiger charge is 2.51. The van der Waals surface area contributed by atoms with Crippen LogP contribution in [-0.2, 0) is 82.6 Å². The van der Waals surface area contributed by atoms with E-state index in [0.29, 0.717) is 65.6 Å². The molecule has 692 valence electrons. The highest BCUT2D eigenvalue weighted by Crippen LogP contribution is 2.36. The summed E-state index contributed by atoms with van der Waals surface area (Å²) in [5.41, 5.74) is 19.7. The van der Waals surface area contributed by atoms with Gasteiger partial charge in [0.25, 0.3) is 23.6 Å². The van der Waals surface area contributed by atoms with Gasteiger partial charge < -0.3 is 54.7 Å². The van der Waals surface area contributed by atoms with Gasteiger partial charge in [-0.1, -0.05) is 178 Å². The van der Waals surface area contributed by atoms with Crippen molar-refractivity contribution < 1.29 is 128 Å². The molecule has 39 heteroatoms. The number of hydroxylamine groups is 4. The van der Waals surface area contributed by atoms with Gasteiger partial charge >= 0.3 is 0 Å². The van der Waals surface area contributed by atoms with Crippen molar-refractivity contribution in [3.8, 4) is 45.9 Å². The molecule has 0 aromatic heterocycles. The van der Waals surface area contributed by atoms with Crippen LogP contribution >= 0.6 is 0 Å². The van der Waals surface area contributed by atoms with Gasteiger partial charge in [-0.25, -0.2) is 55.6 Å². The second-order valence-corrected chi connectivity index (χ2v) is 42.3. The van der Waals surface area contributed by atoms with E-state index in [4.69, 9.17) is 60.2 Å². The van der Waals surface area contributed by atoms with Crippen LogP contribution in [0.3, 0.4) is 0 Å². The first-order valence-electron chi connectivity index (χ1n) is 40.7. The van der Waals surface area contributed by atoms with Gasteiger partial charge in [0, 0.05) is 125 Å². The van der Waals surface area contributed by atoms with Crippen molar-refractivity contribution in [2.24, 2.45) is 26.5 Å². The highest BCUT2D eigenvalue weighted by atomic mass is 32.2. The fraction of sp³-hybridized carbons (Fsp3) is 0.400. The Bertz CT molecular complexity index is 5850. The molecular weight excluding hydrogens is 1750 g/mol. The zero-order valence-corrected chi connectivity index (χ0v) is 75.2. The molecule has 0 radical (unpaired) electrons. The largest absolute Gasteiger partial charge is 0.396 e. The lowest BCUT2D eigenvalue weighted by Crippen LogP contribution is -2.51. The number of hydrogen-bond acceptors (Lipinski definition) is 31. The van der Waals surface area contributed by atoms with Crippen LogP contribution in [0.1, 0.15) is 172 Å². The lowest BCUT2D eigenvalue weighted by atomic mass is 9.95. The monoisotopic (exact) mass is 1860 g/mol. The highest BCUT2D eigenvalue weighted by molar-refractivity contribution is 7.93. The Balaban J connectivity index is 0.000000194. The van der Waals surface area contributed by atoms with E-state index < -0.39 is 125 Å². The molecule has 129 heavy (non-hydrogen) atoms. The molecule has 7 aromatic rings. The fourth-order valence-corrected chi connectivity index (χ4v) is 17.6. The van der Waals surface area contributed by atoms with Gasteiger partial charge in [-0.15, -0.1) is 0 Å². The van der Waals surface area contributed by atoms with Crippen molar-refractivity contribution in [3.05, 3.63) is 225 Å². The molecule has 5 heterocycles. The molecule has 0 aliphatic carbocycles. The molecule has 7 aromatic carbocycles. The van der Waals surface area contributed by atoms with Crippen molar-refractivity contribution in [3.63, 3.8) is 0 Å². The van der Waals surface area contributed by atoms with Crippen molar-refractivity contribution in [1.82, 2.24) is 21.9 Å². The average molecular weight is 1860 g/mol. The number of benzene rings is 7. The topological polar surface area (TPSA) is 551 Å². The number of ether oxygens (including phenoxy) is 1. The van der Waals surface area contributed by atoms with Crippen molar-refractivity contribution in [2.75, 3.05) is 58.1 Å². The molecular formula is C90H106N8O27S4. The maximum Gasteiger partial charge on any atom is 0.264 e. The van der Waals surface area contributed by atoms with Crippen molar-refractivity contribution in [1.29, 1.82) is 0 Å². The van der Waals surface area contributed by atoms with E-state index in [1.807, 2.05) is 133 Å². The van der Waals surface area contributed by atoms with E-state index in [1.54, 1.807) is 36.4 Å². The van der Waals surface area contributed by atoms with Gasteiger partial charge in [0.15, 0.2) is 58.3 Å². The molecule has 1 saturated heterocycles. The molecule has 0 spiro atoms. The number of hydrogen-bond donors (Lipinski definition) is 14. The van der Waals surface area contributed by atoms with Crippen LogP contribution in [-0.4, -0.2) is 233 Å². The Morgan fingerprint density at radius 1 is 0.364 bits per heavy atom. The first-order valence-corrected chi connectivity index (χ1v) is 48.2. The summed E-state index contributed by atoms with van der Waals surface area (Å²) < 4.78 is 95.2. The Labute approximate surface area is 747 Å². The average Bonchev–Trinajstić information content (AvgIpc) is 1.77. The number of nitrogens with zero attached hydrogens (tertiary/aromatic N) is 4. The van der Waals surface area contributed by atoms with Crippen LogP contribution in [0, 0.1) is 29.6 Å². The predicted molar refractivity (Wildman–Crippen MR) is 476 cm³/mol. The van der Waals surface area contributed by atoms with Gasteiger partial charge in [0.05, 0.1) is 42.2 Å². The van der Waals surface area contributed by atoms with Crippen molar-refractivity contribution >= 4 is 85.8 Å². The quantitative estimate of drug-likeness (QED) is 0.0135. The van der Waals surface area contributed by atoms with Gasteiger partial charge in [0.1, 0.15) is 36.6 Å². The molecule has 1 fully saturated rings. The number of rotatable bonds is 29. The third-order valence-corrected chi connectivity index (χ3v) is 31.1. The molecule has 0 bridgehead atoms. The molecule has 5 aliphatic heterocycles. The first kappa shape index (κ1) is 102. The molecule has 12 rings (SSSR count). The number of oxime groups is 4. The standard InChI is InChI=1S/C24H26N2O7S.C23H28N2O7S.C22H26N2O7S.C21H26N2O6S/c1-24(23(29)25-30,34(2,31)32)14-20-13-21(26-33-20)18-9-5-16(6-10-18)3-4-17-7-11-19(12-8-17)22(28)15-27;1-23(22(28)24-29,33(2,30)31)14-19-13-20(25-32-19)17-7-3-15(4-8-17)16-5-9-18(10-6-16)21(27)11-12-26;1-22(21(27)23-28,32(2,29)30)12-18-11-19(24-31-18)16-7-3-14(4-8-16)15-5-9-17(10-6-15)20(26)13-25;1-21(20(24)22-25,30(2,26)27)14-18-13-19(23-29-18)17-7-5-15(6-8-17)3-4-16-9-11-28-12-10-16/h5-12,20,22,27-28,30H,13-15H2,1-2H3,(H,25,29);3-10,19,21,26-27,29H,11-14H2,1-2H3,(H,24,28);3-10,18,20,25-26,28H,11-13H2,1-2H3,(H,23,27);5-8,16,18,25H,9-14H2,1-2H3,(H,22,24)/t20-,22+,24-;19-,21?,23-;18-,20+,22-;18-,21-/m1111/s1. The predicted octanol–water partition coefficient (Wildman–Crippen LogP) is 6.49.